The summed E-state index contributed by atoms with van der Waals surface area (Å²) in [5.74, 6) is -1.23. The summed E-state index contributed by atoms with van der Waals surface area (Å²) in [5, 5.41) is 13.3. The summed E-state index contributed by atoms with van der Waals surface area (Å²) in [6.07, 6.45) is 0. The minimum Gasteiger partial charge on any atom is -0.497 e. The zero-order valence-electron chi connectivity index (χ0n) is 16.9. The van der Waals surface area contributed by atoms with Crippen molar-refractivity contribution >= 4 is 33.3 Å². The summed E-state index contributed by atoms with van der Waals surface area (Å²) >= 11 is 0. The smallest absolute Gasteiger partial charge is 0.324 e. The number of esters is 1. The number of nitrogens with zero attached hydrogens (tertiary/aromatic N) is 1. The number of anilines is 1. The minimum atomic E-state index is -4.01. The molecule has 0 bridgehead atoms. The first-order chi connectivity index (χ1) is 14.5. The number of hydrogen-bond acceptors (Lipinski definition) is 8. The minimum absolute atomic E-state index is 0.0770. The molecular formula is C19H21N3O8S. The summed E-state index contributed by atoms with van der Waals surface area (Å²) in [7, 11) is -2.57. The SMILES string of the molecule is COc1ccc(S(=O)(=O)NC(C)C(=O)OCC(=O)Nc2cc([N+](=O)[O-])ccc2C)cc1. The van der Waals surface area contributed by atoms with Gasteiger partial charge in [0.25, 0.3) is 11.6 Å². The van der Waals surface area contributed by atoms with Gasteiger partial charge in [-0.15, -0.1) is 0 Å². The highest BCUT2D eigenvalue weighted by Crippen LogP contribution is 2.21. The van der Waals surface area contributed by atoms with Crippen molar-refractivity contribution in [2.75, 3.05) is 19.0 Å². The van der Waals surface area contributed by atoms with Gasteiger partial charge in [-0.2, -0.15) is 4.72 Å². The Balaban J connectivity index is 1.93. The molecule has 166 valence electrons. The topological polar surface area (TPSA) is 154 Å². The zero-order valence-corrected chi connectivity index (χ0v) is 17.8. The Bertz CT molecular complexity index is 1080. The fraction of sp³-hybridized carbons (Fsp3) is 0.263. The van der Waals surface area contributed by atoms with E-state index in [1.807, 2.05) is 0 Å². The van der Waals surface area contributed by atoms with Crippen LogP contribution in [0, 0.1) is 17.0 Å². The number of benzene rings is 2. The van der Waals surface area contributed by atoms with Gasteiger partial charge in [0, 0.05) is 12.1 Å². The molecule has 11 nitrogen and oxygen atoms in total. The highest BCUT2D eigenvalue weighted by molar-refractivity contribution is 7.89. The van der Waals surface area contributed by atoms with E-state index in [4.69, 9.17) is 9.47 Å². The van der Waals surface area contributed by atoms with Crippen molar-refractivity contribution in [2.45, 2.75) is 24.8 Å². The van der Waals surface area contributed by atoms with Gasteiger partial charge in [-0.05, 0) is 43.7 Å². The Kier molecular flexibility index (Phi) is 7.67. The van der Waals surface area contributed by atoms with Gasteiger partial charge in [-0.25, -0.2) is 8.42 Å². The van der Waals surface area contributed by atoms with Crippen LogP contribution in [0.4, 0.5) is 11.4 Å². The van der Waals surface area contributed by atoms with Crippen molar-refractivity contribution in [2.24, 2.45) is 0 Å². The number of aryl methyl sites for hydroxylation is 1. The second-order valence-electron chi connectivity index (χ2n) is 6.43. The van der Waals surface area contributed by atoms with E-state index in [0.29, 0.717) is 11.3 Å². The number of rotatable bonds is 9. The molecule has 12 heteroatoms. The van der Waals surface area contributed by atoms with Crippen molar-refractivity contribution in [3.05, 3.63) is 58.1 Å². The molecule has 2 aromatic rings. The van der Waals surface area contributed by atoms with E-state index in [-0.39, 0.29) is 16.3 Å². The molecule has 0 saturated heterocycles. The van der Waals surface area contributed by atoms with Crippen LogP contribution in [-0.4, -0.2) is 45.0 Å². The second-order valence-corrected chi connectivity index (χ2v) is 8.14. The number of nitrogens with one attached hydrogen (secondary N) is 2. The Morgan fingerprint density at radius 2 is 1.81 bits per heavy atom. The average molecular weight is 451 g/mol. The third-order valence-electron chi connectivity index (χ3n) is 4.11. The molecule has 0 aliphatic heterocycles. The van der Waals surface area contributed by atoms with Gasteiger partial charge in [-0.3, -0.25) is 19.7 Å². The highest BCUT2D eigenvalue weighted by atomic mass is 32.2. The zero-order chi connectivity index (χ0) is 23.2. The molecule has 2 aromatic carbocycles. The first-order valence-corrected chi connectivity index (χ1v) is 10.4. The molecule has 0 heterocycles. The largest absolute Gasteiger partial charge is 0.497 e. The molecule has 1 unspecified atom stereocenters. The molecule has 2 rings (SSSR count). The van der Waals surface area contributed by atoms with Gasteiger partial charge in [0.2, 0.25) is 10.0 Å². The Morgan fingerprint density at radius 1 is 1.16 bits per heavy atom. The summed E-state index contributed by atoms with van der Waals surface area (Å²) in [4.78, 5) is 34.3. The first-order valence-electron chi connectivity index (χ1n) is 8.91. The molecule has 0 aromatic heterocycles. The van der Waals surface area contributed by atoms with Crippen LogP contribution in [0.1, 0.15) is 12.5 Å². The van der Waals surface area contributed by atoms with E-state index >= 15 is 0 Å². The van der Waals surface area contributed by atoms with Crippen LogP contribution in [-0.2, 0) is 24.3 Å². The number of sulfonamides is 1. The second kappa shape index (κ2) is 10.00. The number of non-ortho nitro benzene ring substituents is 1. The number of nitro benzene ring substituents is 1. The average Bonchev–Trinajstić information content (AvgIpc) is 2.73. The van der Waals surface area contributed by atoms with Gasteiger partial charge in [0.15, 0.2) is 6.61 Å². The molecule has 2 N–H and O–H groups in total. The summed E-state index contributed by atoms with van der Waals surface area (Å²) in [5.41, 5.74) is 0.564. The van der Waals surface area contributed by atoms with Gasteiger partial charge in [0.1, 0.15) is 11.8 Å². The van der Waals surface area contributed by atoms with Crippen molar-refractivity contribution in [1.82, 2.24) is 4.72 Å². The van der Waals surface area contributed by atoms with Crippen molar-refractivity contribution in [1.29, 1.82) is 0 Å². The third-order valence-corrected chi connectivity index (χ3v) is 5.66. The van der Waals surface area contributed by atoms with Crippen molar-refractivity contribution < 1.29 is 32.4 Å². The lowest BCUT2D eigenvalue weighted by molar-refractivity contribution is -0.384. The lowest BCUT2D eigenvalue weighted by Crippen LogP contribution is -2.40. The van der Waals surface area contributed by atoms with Crippen LogP contribution in [0.2, 0.25) is 0 Å². The van der Waals surface area contributed by atoms with E-state index in [1.54, 1.807) is 6.92 Å². The van der Waals surface area contributed by atoms with E-state index in [9.17, 15) is 28.1 Å². The van der Waals surface area contributed by atoms with E-state index < -0.39 is 39.5 Å². The Labute approximate surface area is 178 Å². The van der Waals surface area contributed by atoms with Gasteiger partial charge < -0.3 is 14.8 Å². The van der Waals surface area contributed by atoms with E-state index in [1.165, 1.54) is 56.5 Å². The molecule has 1 atom stereocenters. The Hall–Kier alpha value is -3.51. The predicted molar refractivity (Wildman–Crippen MR) is 110 cm³/mol. The van der Waals surface area contributed by atoms with E-state index in [0.717, 1.165) is 0 Å². The molecule has 0 radical (unpaired) electrons. The standard InChI is InChI=1S/C19H21N3O8S/c1-12-4-5-14(22(25)26)10-17(12)20-18(23)11-30-19(24)13(2)21-31(27,28)16-8-6-15(29-3)7-9-16/h4-10,13,21H,11H2,1-3H3,(H,20,23). The number of hydrogen-bond donors (Lipinski definition) is 2. The maximum absolute atomic E-state index is 12.4. The van der Waals surface area contributed by atoms with Crippen LogP contribution in [0.25, 0.3) is 0 Å². The normalized spacial score (nSPS) is 12.0. The van der Waals surface area contributed by atoms with Crippen molar-refractivity contribution in [3.8, 4) is 5.75 Å². The number of ether oxygens (including phenoxy) is 2. The predicted octanol–water partition coefficient (Wildman–Crippen LogP) is 1.76. The van der Waals surface area contributed by atoms with Gasteiger partial charge in [-0.1, -0.05) is 6.07 Å². The molecule has 0 fully saturated rings. The monoisotopic (exact) mass is 451 g/mol. The molecule has 0 aliphatic carbocycles. The summed E-state index contributed by atoms with van der Waals surface area (Å²) in [6.45, 7) is 2.21. The van der Waals surface area contributed by atoms with E-state index in [2.05, 4.69) is 10.0 Å². The number of nitro groups is 1. The van der Waals surface area contributed by atoms with Crippen LogP contribution < -0.4 is 14.8 Å². The highest BCUT2D eigenvalue weighted by Gasteiger charge is 2.24. The molecule has 0 saturated carbocycles. The lowest BCUT2D eigenvalue weighted by atomic mass is 10.2. The molecule has 0 spiro atoms. The molecular weight excluding hydrogens is 430 g/mol. The fourth-order valence-electron chi connectivity index (χ4n) is 2.41. The van der Waals surface area contributed by atoms with Gasteiger partial charge in [0.05, 0.1) is 22.6 Å². The lowest BCUT2D eigenvalue weighted by Gasteiger charge is -2.14. The van der Waals surface area contributed by atoms with Crippen molar-refractivity contribution in [3.63, 3.8) is 0 Å². The molecule has 1 amide bonds. The molecule has 0 aliphatic rings. The number of amides is 1. The molecule has 31 heavy (non-hydrogen) atoms. The van der Waals surface area contributed by atoms with Crippen LogP contribution in [0.15, 0.2) is 47.4 Å². The maximum atomic E-state index is 12.4. The van der Waals surface area contributed by atoms with Crippen LogP contribution in [0.5, 0.6) is 5.75 Å². The maximum Gasteiger partial charge on any atom is 0.324 e. The number of methoxy groups -OCH3 is 1. The van der Waals surface area contributed by atoms with Crippen LogP contribution >= 0.6 is 0 Å². The van der Waals surface area contributed by atoms with Crippen LogP contribution in [0.3, 0.4) is 0 Å². The first kappa shape index (κ1) is 23.8. The Morgan fingerprint density at radius 3 is 2.39 bits per heavy atom. The summed E-state index contributed by atoms with van der Waals surface area (Å²) < 4.78 is 36.7. The number of carbonyl (C=O) groups excluding carboxylic acids is 2. The third kappa shape index (κ3) is 6.49. The summed E-state index contributed by atoms with van der Waals surface area (Å²) in [6, 6.07) is 8.22. The number of carbonyl (C=O) groups is 2. The fourth-order valence-corrected chi connectivity index (χ4v) is 3.60. The quantitative estimate of drug-likeness (QED) is 0.332. The van der Waals surface area contributed by atoms with Gasteiger partial charge >= 0.3 is 5.97 Å².